The van der Waals surface area contributed by atoms with E-state index in [-0.39, 0.29) is 19.7 Å². The van der Waals surface area contributed by atoms with Crippen molar-refractivity contribution in [3.05, 3.63) is 30.1 Å². The van der Waals surface area contributed by atoms with Gasteiger partial charge in [0.2, 0.25) is 10.0 Å². The minimum absolute atomic E-state index is 0.0835. The van der Waals surface area contributed by atoms with Gasteiger partial charge in [0.1, 0.15) is 16.8 Å². The number of hydrogen-bond donors (Lipinski definition) is 1. The molecule has 1 aromatic carbocycles. The first-order valence-corrected chi connectivity index (χ1v) is 8.06. The molecule has 0 saturated carbocycles. The van der Waals surface area contributed by atoms with Gasteiger partial charge in [0.05, 0.1) is 6.61 Å². The fourth-order valence-corrected chi connectivity index (χ4v) is 3.84. The lowest BCUT2D eigenvalue weighted by atomic mass is 10.2. The van der Waals surface area contributed by atoms with E-state index in [1.165, 1.54) is 18.2 Å². The van der Waals surface area contributed by atoms with Gasteiger partial charge in [0.15, 0.2) is 0 Å². The highest BCUT2D eigenvalue weighted by molar-refractivity contribution is 7.89. The van der Waals surface area contributed by atoms with Crippen LogP contribution >= 0.6 is 0 Å². The number of rotatable bonds is 4. The zero-order valence-corrected chi connectivity index (χ0v) is 12.4. The lowest BCUT2D eigenvalue weighted by molar-refractivity contribution is -0.148. The molecular formula is C13H17FN2O4S. The highest BCUT2D eigenvalue weighted by atomic mass is 32.2. The van der Waals surface area contributed by atoms with Gasteiger partial charge < -0.3 is 10.1 Å². The van der Waals surface area contributed by atoms with E-state index in [4.69, 9.17) is 4.74 Å². The van der Waals surface area contributed by atoms with Crippen LogP contribution in [-0.4, -0.2) is 51.0 Å². The summed E-state index contributed by atoms with van der Waals surface area (Å²) in [5.74, 6) is -1.47. The molecule has 0 aliphatic carbocycles. The molecule has 1 aliphatic heterocycles. The second-order valence-electron chi connectivity index (χ2n) is 4.52. The molecule has 0 radical (unpaired) electrons. The number of piperazine rings is 1. The molecule has 0 spiro atoms. The average Bonchev–Trinajstić information content (AvgIpc) is 2.48. The molecule has 1 unspecified atom stereocenters. The Hall–Kier alpha value is -1.51. The number of hydrogen-bond acceptors (Lipinski definition) is 5. The standard InChI is InChI=1S/C13H17FN2O4S/c1-2-20-13(17)11-9-15-7-8-16(11)21(18,19)12-6-4-3-5-10(12)14/h3-6,11,15H,2,7-9H2,1H3. The molecule has 1 N–H and O–H groups in total. The van der Waals surface area contributed by atoms with Crippen molar-refractivity contribution in [1.82, 2.24) is 9.62 Å². The second kappa shape index (κ2) is 6.50. The van der Waals surface area contributed by atoms with Gasteiger partial charge in [-0.1, -0.05) is 12.1 Å². The molecule has 116 valence electrons. The SMILES string of the molecule is CCOC(=O)C1CNCCN1S(=O)(=O)c1ccccc1F. The molecule has 6 nitrogen and oxygen atoms in total. The van der Waals surface area contributed by atoms with Crippen molar-refractivity contribution < 1.29 is 22.3 Å². The summed E-state index contributed by atoms with van der Waals surface area (Å²) in [4.78, 5) is 11.5. The van der Waals surface area contributed by atoms with Crippen LogP contribution in [0, 0.1) is 5.82 Å². The monoisotopic (exact) mass is 316 g/mol. The molecule has 2 rings (SSSR count). The van der Waals surface area contributed by atoms with E-state index in [9.17, 15) is 17.6 Å². The summed E-state index contributed by atoms with van der Waals surface area (Å²) in [5.41, 5.74) is 0. The van der Waals surface area contributed by atoms with E-state index in [0.717, 1.165) is 10.4 Å². The molecule has 21 heavy (non-hydrogen) atoms. The summed E-state index contributed by atoms with van der Waals surface area (Å²) >= 11 is 0. The van der Waals surface area contributed by atoms with Gasteiger partial charge in [-0.15, -0.1) is 0 Å². The minimum Gasteiger partial charge on any atom is -0.465 e. The van der Waals surface area contributed by atoms with E-state index in [0.29, 0.717) is 6.54 Å². The molecule has 1 atom stereocenters. The van der Waals surface area contributed by atoms with Crippen molar-refractivity contribution in [2.45, 2.75) is 17.9 Å². The Bertz CT molecular complexity index is 620. The smallest absolute Gasteiger partial charge is 0.325 e. The third-order valence-electron chi connectivity index (χ3n) is 3.18. The van der Waals surface area contributed by atoms with Crippen molar-refractivity contribution in [3.8, 4) is 0 Å². The number of benzene rings is 1. The topological polar surface area (TPSA) is 75.7 Å². The Morgan fingerprint density at radius 1 is 1.48 bits per heavy atom. The summed E-state index contributed by atoms with van der Waals surface area (Å²) < 4.78 is 44.8. The fourth-order valence-electron chi connectivity index (χ4n) is 2.19. The summed E-state index contributed by atoms with van der Waals surface area (Å²) in [6.45, 7) is 2.42. The van der Waals surface area contributed by atoms with E-state index >= 15 is 0 Å². The van der Waals surface area contributed by atoms with Crippen molar-refractivity contribution in [1.29, 1.82) is 0 Å². The van der Waals surface area contributed by atoms with Crippen LogP contribution in [0.1, 0.15) is 6.92 Å². The lowest BCUT2D eigenvalue weighted by Gasteiger charge is -2.33. The van der Waals surface area contributed by atoms with Gasteiger partial charge in [-0.05, 0) is 19.1 Å². The normalized spacial score (nSPS) is 20.2. The molecule has 0 aromatic heterocycles. The zero-order chi connectivity index (χ0) is 15.5. The Labute approximate surface area is 122 Å². The average molecular weight is 316 g/mol. The van der Waals surface area contributed by atoms with Crippen LogP contribution in [0.5, 0.6) is 0 Å². The number of carbonyl (C=O) groups excluding carboxylic acids is 1. The number of nitrogens with zero attached hydrogens (tertiary/aromatic N) is 1. The minimum atomic E-state index is -4.09. The first kappa shape index (κ1) is 15.9. The maximum Gasteiger partial charge on any atom is 0.325 e. The van der Waals surface area contributed by atoms with Crippen LogP contribution < -0.4 is 5.32 Å². The van der Waals surface area contributed by atoms with E-state index in [1.807, 2.05) is 0 Å². The third-order valence-corrected chi connectivity index (χ3v) is 5.12. The Kier molecular flexibility index (Phi) is 4.92. The highest BCUT2D eigenvalue weighted by Crippen LogP contribution is 2.22. The van der Waals surface area contributed by atoms with Crippen LogP contribution in [0.3, 0.4) is 0 Å². The zero-order valence-electron chi connectivity index (χ0n) is 11.6. The number of esters is 1. The van der Waals surface area contributed by atoms with Gasteiger partial charge in [-0.25, -0.2) is 12.8 Å². The maximum atomic E-state index is 13.8. The quantitative estimate of drug-likeness (QED) is 0.811. The van der Waals surface area contributed by atoms with Gasteiger partial charge in [-0.2, -0.15) is 4.31 Å². The van der Waals surface area contributed by atoms with Gasteiger partial charge >= 0.3 is 5.97 Å². The molecule has 0 amide bonds. The molecule has 1 aromatic rings. The number of sulfonamides is 1. The molecule has 1 heterocycles. The van der Waals surface area contributed by atoms with E-state index < -0.39 is 32.7 Å². The molecule has 1 saturated heterocycles. The van der Waals surface area contributed by atoms with Crippen molar-refractivity contribution in [2.75, 3.05) is 26.2 Å². The summed E-state index contributed by atoms with van der Waals surface area (Å²) in [7, 11) is -4.09. The molecular weight excluding hydrogens is 299 g/mol. The third kappa shape index (κ3) is 3.22. The van der Waals surface area contributed by atoms with Gasteiger partial charge in [0.25, 0.3) is 0 Å². The van der Waals surface area contributed by atoms with Crippen LogP contribution in [0.2, 0.25) is 0 Å². The van der Waals surface area contributed by atoms with Crippen LogP contribution in [-0.2, 0) is 19.6 Å². The van der Waals surface area contributed by atoms with Crippen LogP contribution in [0.15, 0.2) is 29.2 Å². The van der Waals surface area contributed by atoms with Crippen LogP contribution in [0.4, 0.5) is 4.39 Å². The molecule has 0 bridgehead atoms. The first-order valence-electron chi connectivity index (χ1n) is 6.62. The number of nitrogens with one attached hydrogen (secondary N) is 1. The predicted molar refractivity (Wildman–Crippen MR) is 73.6 cm³/mol. The highest BCUT2D eigenvalue weighted by Gasteiger charge is 2.39. The molecule has 8 heteroatoms. The largest absolute Gasteiger partial charge is 0.465 e. The fraction of sp³-hybridized carbons (Fsp3) is 0.462. The van der Waals surface area contributed by atoms with Crippen molar-refractivity contribution >= 4 is 16.0 Å². The predicted octanol–water partition coefficient (Wildman–Crippen LogP) is 0.351. The second-order valence-corrected chi connectivity index (χ2v) is 6.38. The summed E-state index contributed by atoms with van der Waals surface area (Å²) in [6.07, 6.45) is 0. The Morgan fingerprint density at radius 3 is 2.86 bits per heavy atom. The summed E-state index contributed by atoms with van der Waals surface area (Å²) in [6, 6.07) is 4.14. The molecule has 1 aliphatic rings. The molecule has 1 fully saturated rings. The Morgan fingerprint density at radius 2 is 2.19 bits per heavy atom. The van der Waals surface area contributed by atoms with E-state index in [1.54, 1.807) is 6.92 Å². The number of halogens is 1. The van der Waals surface area contributed by atoms with E-state index in [2.05, 4.69) is 5.32 Å². The first-order chi connectivity index (χ1) is 9.98. The van der Waals surface area contributed by atoms with Gasteiger partial charge in [-0.3, -0.25) is 4.79 Å². The summed E-state index contributed by atoms with van der Waals surface area (Å²) in [5, 5.41) is 2.94. The Balaban J connectivity index is 2.36. The lowest BCUT2D eigenvalue weighted by Crippen LogP contribution is -2.57. The van der Waals surface area contributed by atoms with Crippen molar-refractivity contribution in [3.63, 3.8) is 0 Å². The van der Waals surface area contributed by atoms with Crippen LogP contribution in [0.25, 0.3) is 0 Å². The van der Waals surface area contributed by atoms with Gasteiger partial charge in [0, 0.05) is 19.6 Å². The maximum absolute atomic E-state index is 13.8. The van der Waals surface area contributed by atoms with Crippen molar-refractivity contribution in [2.24, 2.45) is 0 Å². The number of ether oxygens (including phenoxy) is 1. The number of carbonyl (C=O) groups is 1.